The Kier molecular flexibility index (Phi) is 5.44. The summed E-state index contributed by atoms with van der Waals surface area (Å²) in [4.78, 5) is 49.3. The molecular weight excluding hydrogens is 366 g/mol. The van der Waals surface area contributed by atoms with Crippen LogP contribution in [0.1, 0.15) is 18.2 Å². The quantitative estimate of drug-likeness (QED) is 0.540. The highest BCUT2D eigenvalue weighted by Crippen LogP contribution is 2.28. The number of carbonyl (C=O) groups excluding carboxylic acids is 4. The molecule has 2 aromatic rings. The third-order valence-electron chi connectivity index (χ3n) is 4.32. The number of urea groups is 1. The monoisotopic (exact) mass is 385 g/mol. The fraction of sp³-hybridized carbons (Fsp3) is 0.263. The number of ether oxygens (including phenoxy) is 1. The van der Waals surface area contributed by atoms with Gasteiger partial charge in [-0.3, -0.25) is 19.3 Å². The Labute approximate surface area is 160 Å². The van der Waals surface area contributed by atoms with Crippen LogP contribution in [-0.2, 0) is 31.2 Å². The van der Waals surface area contributed by atoms with Gasteiger partial charge in [-0.15, -0.1) is 0 Å². The number of rotatable bonds is 7. The molecule has 0 spiro atoms. The van der Waals surface area contributed by atoms with Crippen molar-refractivity contribution in [3.05, 3.63) is 60.1 Å². The van der Waals surface area contributed by atoms with Crippen LogP contribution in [0.5, 0.6) is 0 Å². The highest BCUT2D eigenvalue weighted by molar-refractivity contribution is 6.08. The molecule has 1 aliphatic rings. The zero-order valence-corrected chi connectivity index (χ0v) is 15.1. The van der Waals surface area contributed by atoms with E-state index in [9.17, 15) is 19.2 Å². The molecule has 9 heteroatoms. The van der Waals surface area contributed by atoms with Crippen molar-refractivity contribution in [2.75, 3.05) is 13.2 Å². The lowest BCUT2D eigenvalue weighted by Gasteiger charge is -2.21. The summed E-state index contributed by atoms with van der Waals surface area (Å²) in [6.07, 6.45) is 1.48. The first-order valence-corrected chi connectivity index (χ1v) is 8.54. The Morgan fingerprint density at radius 3 is 2.61 bits per heavy atom. The Morgan fingerprint density at radius 1 is 1.18 bits per heavy atom. The fourth-order valence-electron chi connectivity index (χ4n) is 2.78. The summed E-state index contributed by atoms with van der Waals surface area (Å²) in [7, 11) is 0. The fourth-order valence-corrected chi connectivity index (χ4v) is 2.78. The van der Waals surface area contributed by atoms with Gasteiger partial charge in [0.1, 0.15) is 17.8 Å². The van der Waals surface area contributed by atoms with Gasteiger partial charge in [-0.25, -0.2) is 4.79 Å². The van der Waals surface area contributed by atoms with Gasteiger partial charge in [-0.05, 0) is 24.6 Å². The van der Waals surface area contributed by atoms with E-state index in [0.717, 1.165) is 4.90 Å². The third-order valence-corrected chi connectivity index (χ3v) is 4.32. The molecule has 146 valence electrons. The predicted molar refractivity (Wildman–Crippen MR) is 95.6 cm³/mol. The van der Waals surface area contributed by atoms with Crippen molar-refractivity contribution >= 4 is 23.8 Å². The van der Waals surface area contributed by atoms with Gasteiger partial charge >= 0.3 is 12.0 Å². The summed E-state index contributed by atoms with van der Waals surface area (Å²) >= 11 is 0. The molecule has 0 unspecified atom stereocenters. The Balaban J connectivity index is 1.52. The van der Waals surface area contributed by atoms with Crippen LogP contribution in [0.15, 0.2) is 53.1 Å². The minimum absolute atomic E-state index is 0.159. The number of carbonyl (C=O) groups is 4. The maximum atomic E-state index is 12.7. The molecule has 0 bridgehead atoms. The molecule has 4 amide bonds. The van der Waals surface area contributed by atoms with E-state index in [1.165, 1.54) is 6.26 Å². The molecule has 1 saturated heterocycles. The molecule has 0 saturated carbocycles. The predicted octanol–water partition coefficient (Wildman–Crippen LogP) is 0.906. The molecular formula is C19H19N3O6. The van der Waals surface area contributed by atoms with E-state index in [2.05, 4.69) is 10.6 Å². The zero-order chi connectivity index (χ0) is 20.1. The number of benzene rings is 1. The van der Waals surface area contributed by atoms with Crippen molar-refractivity contribution in [2.24, 2.45) is 0 Å². The van der Waals surface area contributed by atoms with Gasteiger partial charge in [-0.1, -0.05) is 30.3 Å². The molecule has 1 aliphatic heterocycles. The number of nitrogens with zero attached hydrogens (tertiary/aromatic N) is 1. The van der Waals surface area contributed by atoms with Gasteiger partial charge in [0.2, 0.25) is 0 Å². The molecule has 28 heavy (non-hydrogen) atoms. The van der Waals surface area contributed by atoms with Crippen molar-refractivity contribution in [3.8, 4) is 0 Å². The van der Waals surface area contributed by atoms with Crippen molar-refractivity contribution in [3.63, 3.8) is 0 Å². The highest BCUT2D eigenvalue weighted by Gasteiger charge is 2.49. The molecule has 0 aliphatic carbocycles. The van der Waals surface area contributed by atoms with Gasteiger partial charge in [-0.2, -0.15) is 0 Å². The highest BCUT2D eigenvalue weighted by atomic mass is 16.5. The number of hydrogen-bond donors (Lipinski definition) is 2. The summed E-state index contributed by atoms with van der Waals surface area (Å²) in [5.41, 5.74) is -0.666. The van der Waals surface area contributed by atoms with E-state index in [0.29, 0.717) is 11.3 Å². The van der Waals surface area contributed by atoms with Crippen LogP contribution in [0.4, 0.5) is 4.79 Å². The lowest BCUT2D eigenvalue weighted by Crippen LogP contribution is -2.41. The van der Waals surface area contributed by atoms with Crippen LogP contribution in [0, 0.1) is 0 Å². The second-order valence-electron chi connectivity index (χ2n) is 6.33. The minimum atomic E-state index is -1.26. The Bertz CT molecular complexity index is 880. The Hall–Kier alpha value is -3.62. The first-order valence-electron chi connectivity index (χ1n) is 8.54. The number of esters is 1. The maximum absolute atomic E-state index is 12.7. The molecule has 2 N–H and O–H groups in total. The summed E-state index contributed by atoms with van der Waals surface area (Å²) in [5.74, 6) is -1.41. The zero-order valence-electron chi connectivity index (χ0n) is 15.1. The van der Waals surface area contributed by atoms with E-state index >= 15 is 0 Å². The van der Waals surface area contributed by atoms with Gasteiger partial charge in [0.15, 0.2) is 6.61 Å². The van der Waals surface area contributed by atoms with E-state index in [1.807, 2.05) is 0 Å². The minimum Gasteiger partial charge on any atom is -0.467 e. The number of nitrogens with one attached hydrogen (secondary N) is 2. The van der Waals surface area contributed by atoms with E-state index in [-0.39, 0.29) is 6.54 Å². The average molecular weight is 385 g/mol. The van der Waals surface area contributed by atoms with E-state index in [4.69, 9.17) is 9.15 Å². The first-order chi connectivity index (χ1) is 13.4. The van der Waals surface area contributed by atoms with Crippen molar-refractivity contribution in [2.45, 2.75) is 19.0 Å². The number of hydrogen-bond acceptors (Lipinski definition) is 6. The van der Waals surface area contributed by atoms with Gasteiger partial charge < -0.3 is 19.8 Å². The first kappa shape index (κ1) is 19.2. The average Bonchev–Trinajstić information content (AvgIpc) is 3.29. The van der Waals surface area contributed by atoms with Gasteiger partial charge in [0.05, 0.1) is 12.8 Å². The number of amides is 4. The third kappa shape index (κ3) is 4.03. The summed E-state index contributed by atoms with van der Waals surface area (Å²) in [6.45, 7) is 0.611. The molecule has 1 aromatic carbocycles. The number of furan rings is 1. The lowest BCUT2D eigenvalue weighted by atomic mass is 9.92. The summed E-state index contributed by atoms with van der Waals surface area (Å²) < 4.78 is 9.92. The molecule has 1 atom stereocenters. The second-order valence-corrected chi connectivity index (χ2v) is 6.33. The summed E-state index contributed by atoms with van der Waals surface area (Å²) in [5, 5.41) is 5.11. The molecule has 3 rings (SSSR count). The second kappa shape index (κ2) is 7.95. The summed E-state index contributed by atoms with van der Waals surface area (Å²) in [6, 6.07) is 11.4. The molecule has 1 aromatic heterocycles. The molecule has 9 nitrogen and oxygen atoms in total. The van der Waals surface area contributed by atoms with Gasteiger partial charge in [0, 0.05) is 0 Å². The largest absolute Gasteiger partial charge is 0.467 e. The number of imide groups is 1. The smallest absolute Gasteiger partial charge is 0.326 e. The van der Waals surface area contributed by atoms with Crippen LogP contribution in [-0.4, -0.2) is 41.9 Å². The van der Waals surface area contributed by atoms with Crippen LogP contribution < -0.4 is 10.6 Å². The molecule has 0 radical (unpaired) electrons. The SMILES string of the molecule is C[C@@]1(c2ccccc2)NC(=O)N(CC(=O)OCC(=O)NCc2ccco2)C1=O. The van der Waals surface area contributed by atoms with Crippen molar-refractivity contribution in [1.82, 2.24) is 15.5 Å². The maximum Gasteiger partial charge on any atom is 0.326 e. The lowest BCUT2D eigenvalue weighted by molar-refractivity contribution is -0.151. The van der Waals surface area contributed by atoms with Crippen molar-refractivity contribution < 1.29 is 28.3 Å². The van der Waals surface area contributed by atoms with Gasteiger partial charge in [0.25, 0.3) is 11.8 Å². The molecule has 1 fully saturated rings. The topological polar surface area (TPSA) is 118 Å². The van der Waals surface area contributed by atoms with Crippen LogP contribution >= 0.6 is 0 Å². The Morgan fingerprint density at radius 2 is 1.93 bits per heavy atom. The van der Waals surface area contributed by atoms with Crippen molar-refractivity contribution in [1.29, 1.82) is 0 Å². The van der Waals surface area contributed by atoms with Crippen LogP contribution in [0.25, 0.3) is 0 Å². The van der Waals surface area contributed by atoms with E-state index < -0.39 is 42.5 Å². The normalized spacial score (nSPS) is 18.7. The standard InChI is InChI=1S/C19H19N3O6/c1-19(13-6-3-2-4-7-13)17(25)22(18(26)21-19)11-16(24)28-12-15(23)20-10-14-8-5-9-27-14/h2-9H,10-12H2,1H3,(H,20,23)(H,21,26)/t19-/m0/s1. The molecule has 2 heterocycles. The van der Waals surface area contributed by atoms with Crippen LogP contribution in [0.3, 0.4) is 0 Å². The van der Waals surface area contributed by atoms with Crippen LogP contribution in [0.2, 0.25) is 0 Å². The van der Waals surface area contributed by atoms with E-state index in [1.54, 1.807) is 49.4 Å².